The molecule has 8 heteroatoms. The van der Waals surface area contributed by atoms with Crippen LogP contribution in [0.1, 0.15) is 32.6 Å². The molecule has 1 aliphatic carbocycles. The molecule has 0 bridgehead atoms. The van der Waals surface area contributed by atoms with Crippen LogP contribution in [0.3, 0.4) is 0 Å². The lowest BCUT2D eigenvalue weighted by Gasteiger charge is -2.29. The van der Waals surface area contributed by atoms with Gasteiger partial charge in [0.1, 0.15) is 0 Å². The molecule has 0 unspecified atom stereocenters. The van der Waals surface area contributed by atoms with E-state index < -0.39 is 0 Å². The van der Waals surface area contributed by atoms with Crippen molar-refractivity contribution in [3.05, 3.63) is 42.7 Å². The number of carbonyl (C=O) groups excluding carboxylic acids is 1. The number of fused-ring (bicyclic) bond motifs is 1. The Morgan fingerprint density at radius 1 is 1.24 bits per heavy atom. The van der Waals surface area contributed by atoms with E-state index in [1.807, 2.05) is 41.2 Å². The highest BCUT2D eigenvalue weighted by Gasteiger charge is 2.27. The van der Waals surface area contributed by atoms with Gasteiger partial charge in [0.2, 0.25) is 11.9 Å². The molecule has 0 aliphatic heterocycles. The summed E-state index contributed by atoms with van der Waals surface area (Å²) in [6, 6.07) is 9.89. The summed E-state index contributed by atoms with van der Waals surface area (Å²) in [5.74, 6) is 1.33. The Morgan fingerprint density at radius 2 is 2.03 bits per heavy atom. The predicted octanol–water partition coefficient (Wildman–Crippen LogP) is 2.28. The summed E-state index contributed by atoms with van der Waals surface area (Å²) in [5, 5.41) is 20.9. The third-order valence-electron chi connectivity index (χ3n) is 5.43. The Kier molecular flexibility index (Phi) is 5.71. The second-order valence-corrected chi connectivity index (χ2v) is 7.64. The molecule has 3 N–H and O–H groups in total. The van der Waals surface area contributed by atoms with Crippen molar-refractivity contribution in [3.63, 3.8) is 0 Å². The van der Waals surface area contributed by atoms with Crippen molar-refractivity contribution in [2.45, 2.75) is 44.7 Å². The molecule has 8 nitrogen and oxygen atoms in total. The number of carbonyl (C=O) groups is 1. The van der Waals surface area contributed by atoms with E-state index in [1.165, 1.54) is 0 Å². The Bertz CT molecular complexity index is 980. The molecule has 0 radical (unpaired) electrons. The van der Waals surface area contributed by atoms with E-state index in [0.717, 1.165) is 42.4 Å². The zero-order valence-electron chi connectivity index (χ0n) is 16.5. The molecule has 3 aromatic rings. The Hall–Kier alpha value is -3.00. The van der Waals surface area contributed by atoms with Gasteiger partial charge in [-0.1, -0.05) is 18.2 Å². The van der Waals surface area contributed by atoms with Crippen LogP contribution in [0.5, 0.6) is 0 Å². The topological polar surface area (TPSA) is 105 Å². The Labute approximate surface area is 169 Å². The van der Waals surface area contributed by atoms with Crippen LogP contribution in [0.25, 0.3) is 16.7 Å². The van der Waals surface area contributed by atoms with Crippen LogP contribution in [0.4, 0.5) is 5.95 Å². The summed E-state index contributed by atoms with van der Waals surface area (Å²) in [4.78, 5) is 21.2. The molecule has 4 rings (SSSR count). The van der Waals surface area contributed by atoms with Crippen LogP contribution in [0.2, 0.25) is 0 Å². The molecule has 0 spiro atoms. The zero-order valence-corrected chi connectivity index (χ0v) is 16.5. The summed E-state index contributed by atoms with van der Waals surface area (Å²) in [6.45, 7) is 1.76. The van der Waals surface area contributed by atoms with Crippen LogP contribution < -0.4 is 10.6 Å². The molecule has 29 heavy (non-hydrogen) atoms. The first-order valence-electron chi connectivity index (χ1n) is 10.1. The number of hydrogen-bond donors (Lipinski definition) is 3. The minimum absolute atomic E-state index is 0.00439. The molecule has 1 atom stereocenters. The normalized spacial score (nSPS) is 20.3. The van der Waals surface area contributed by atoms with Crippen molar-refractivity contribution < 1.29 is 9.90 Å². The Balaban J connectivity index is 1.39. The number of hydrogen-bond acceptors (Lipinski definition) is 6. The fourth-order valence-electron chi connectivity index (χ4n) is 3.78. The molecule has 2 aromatic heterocycles. The number of amides is 1. The second-order valence-electron chi connectivity index (χ2n) is 7.64. The van der Waals surface area contributed by atoms with Gasteiger partial charge >= 0.3 is 0 Å². The summed E-state index contributed by atoms with van der Waals surface area (Å²) < 4.78 is 1.81. The molecule has 0 saturated heterocycles. The zero-order chi connectivity index (χ0) is 20.2. The van der Waals surface area contributed by atoms with Crippen LogP contribution in [-0.2, 0) is 4.79 Å². The van der Waals surface area contributed by atoms with Crippen molar-refractivity contribution in [1.29, 1.82) is 0 Å². The summed E-state index contributed by atoms with van der Waals surface area (Å²) >= 11 is 0. The van der Waals surface area contributed by atoms with Gasteiger partial charge in [-0.3, -0.25) is 4.79 Å². The highest BCUT2D eigenvalue weighted by atomic mass is 16.3. The van der Waals surface area contributed by atoms with Crippen LogP contribution in [-0.4, -0.2) is 49.5 Å². The standard InChI is InChI=1S/C21H26N6O2/c1-14(13-28)24-20(29)15-6-8-17(9-7-15)25-21-22-11-10-19(26-21)27-18-5-3-2-4-16(18)12-23-27/h2-5,10-12,14-15,17,28H,6-9,13H2,1H3,(H,24,29)(H,22,25,26)/t14-,15?,17?/m0/s1. The number of aliphatic hydroxyl groups excluding tert-OH is 1. The van der Waals surface area contributed by atoms with Gasteiger partial charge in [-0.25, -0.2) is 9.67 Å². The van der Waals surface area contributed by atoms with Crippen molar-refractivity contribution in [2.75, 3.05) is 11.9 Å². The Morgan fingerprint density at radius 3 is 2.83 bits per heavy atom. The number of benzene rings is 1. The quantitative estimate of drug-likeness (QED) is 0.592. The molecule has 2 heterocycles. The van der Waals surface area contributed by atoms with E-state index in [-0.39, 0.29) is 30.5 Å². The summed E-state index contributed by atoms with van der Waals surface area (Å²) in [5.41, 5.74) is 1.00. The molecule has 1 amide bonds. The van der Waals surface area contributed by atoms with Crippen molar-refractivity contribution in [3.8, 4) is 5.82 Å². The average molecular weight is 394 g/mol. The molecule has 1 aromatic carbocycles. The van der Waals surface area contributed by atoms with Gasteiger partial charge in [0, 0.05) is 35.7 Å². The molecule has 1 fully saturated rings. The lowest BCUT2D eigenvalue weighted by molar-refractivity contribution is -0.126. The van der Waals surface area contributed by atoms with Gasteiger partial charge in [0.25, 0.3) is 0 Å². The van der Waals surface area contributed by atoms with E-state index in [0.29, 0.717) is 5.95 Å². The largest absolute Gasteiger partial charge is 0.394 e. The molecule has 152 valence electrons. The molecule has 1 saturated carbocycles. The number of para-hydroxylation sites is 1. The fraction of sp³-hybridized carbons (Fsp3) is 0.429. The highest BCUT2D eigenvalue weighted by molar-refractivity contribution is 5.80. The van der Waals surface area contributed by atoms with Gasteiger partial charge in [-0.15, -0.1) is 0 Å². The lowest BCUT2D eigenvalue weighted by atomic mass is 9.85. The van der Waals surface area contributed by atoms with Crippen LogP contribution in [0.15, 0.2) is 42.7 Å². The SMILES string of the molecule is C[C@@H](CO)NC(=O)C1CCC(Nc2nccc(-n3ncc4ccccc43)n2)CC1. The first-order chi connectivity index (χ1) is 14.1. The van der Waals surface area contributed by atoms with Gasteiger partial charge in [-0.2, -0.15) is 10.1 Å². The molecule has 1 aliphatic rings. The van der Waals surface area contributed by atoms with Gasteiger partial charge in [0.15, 0.2) is 5.82 Å². The number of rotatable bonds is 6. The number of anilines is 1. The summed E-state index contributed by atoms with van der Waals surface area (Å²) in [7, 11) is 0. The molecular weight excluding hydrogens is 368 g/mol. The second kappa shape index (κ2) is 8.57. The van der Waals surface area contributed by atoms with E-state index >= 15 is 0 Å². The summed E-state index contributed by atoms with van der Waals surface area (Å²) in [6.07, 6.45) is 6.94. The average Bonchev–Trinajstić information content (AvgIpc) is 3.18. The van der Waals surface area contributed by atoms with Crippen molar-refractivity contribution >= 4 is 22.8 Å². The van der Waals surface area contributed by atoms with E-state index in [2.05, 4.69) is 25.7 Å². The minimum Gasteiger partial charge on any atom is -0.394 e. The van der Waals surface area contributed by atoms with Gasteiger partial charge < -0.3 is 15.7 Å². The highest BCUT2D eigenvalue weighted by Crippen LogP contribution is 2.26. The first kappa shape index (κ1) is 19.3. The fourth-order valence-corrected chi connectivity index (χ4v) is 3.78. The smallest absolute Gasteiger partial charge is 0.224 e. The number of aromatic nitrogens is 4. The predicted molar refractivity (Wildman–Crippen MR) is 111 cm³/mol. The first-order valence-corrected chi connectivity index (χ1v) is 10.1. The minimum atomic E-state index is -0.201. The van der Waals surface area contributed by atoms with Crippen LogP contribution >= 0.6 is 0 Å². The lowest BCUT2D eigenvalue weighted by Crippen LogP contribution is -2.41. The van der Waals surface area contributed by atoms with Crippen molar-refractivity contribution in [1.82, 2.24) is 25.1 Å². The maximum absolute atomic E-state index is 12.2. The third kappa shape index (κ3) is 4.37. The maximum atomic E-state index is 12.2. The van der Waals surface area contributed by atoms with Gasteiger partial charge in [0.05, 0.1) is 18.3 Å². The van der Waals surface area contributed by atoms with Gasteiger partial charge in [-0.05, 0) is 38.7 Å². The maximum Gasteiger partial charge on any atom is 0.224 e. The van der Waals surface area contributed by atoms with E-state index in [1.54, 1.807) is 13.1 Å². The number of nitrogens with one attached hydrogen (secondary N) is 2. The number of nitrogens with zero attached hydrogens (tertiary/aromatic N) is 4. The monoisotopic (exact) mass is 394 g/mol. The van der Waals surface area contributed by atoms with E-state index in [9.17, 15) is 4.79 Å². The van der Waals surface area contributed by atoms with Crippen LogP contribution in [0, 0.1) is 5.92 Å². The van der Waals surface area contributed by atoms with E-state index in [4.69, 9.17) is 5.11 Å². The third-order valence-corrected chi connectivity index (χ3v) is 5.43. The number of aliphatic hydroxyl groups is 1. The van der Waals surface area contributed by atoms with Crippen molar-refractivity contribution in [2.24, 2.45) is 5.92 Å². The molecular formula is C21H26N6O2.